The first-order chi connectivity index (χ1) is 7.27. The van der Waals surface area contributed by atoms with Gasteiger partial charge in [-0.1, -0.05) is 11.6 Å². The lowest BCUT2D eigenvalue weighted by Crippen LogP contribution is -2.02. The highest BCUT2D eigenvalue weighted by Crippen LogP contribution is 2.23. The molecule has 0 saturated carbocycles. The molecule has 2 nitrogen and oxygen atoms in total. The summed E-state index contributed by atoms with van der Waals surface area (Å²) in [6.45, 7) is 0. The third-order valence-electron chi connectivity index (χ3n) is 2.03. The second-order valence-electron chi connectivity index (χ2n) is 3.06. The minimum absolute atomic E-state index is 0.0486. The molecule has 2 rings (SSSR count). The molecule has 2 aromatic rings. The predicted octanol–water partition coefficient (Wildman–Crippen LogP) is 3.22. The van der Waals surface area contributed by atoms with Crippen LogP contribution in [0.25, 0.3) is 0 Å². The molecule has 0 atom stereocenters. The Morgan fingerprint density at radius 2 is 2.07 bits per heavy atom. The van der Waals surface area contributed by atoms with E-state index in [0.717, 1.165) is 5.56 Å². The summed E-state index contributed by atoms with van der Waals surface area (Å²) in [5.74, 6) is 0.0486. The number of thiophene rings is 1. The van der Waals surface area contributed by atoms with Crippen LogP contribution in [0, 0.1) is 0 Å². The summed E-state index contributed by atoms with van der Waals surface area (Å²) in [6.07, 6.45) is 3.73. The lowest BCUT2D eigenvalue weighted by molar-refractivity contribution is 0.0993. The molecule has 0 amide bonds. The minimum Gasteiger partial charge on any atom is -0.294 e. The molecule has 15 heavy (non-hydrogen) atoms. The van der Waals surface area contributed by atoms with Gasteiger partial charge in [-0.05, 0) is 29.1 Å². The highest BCUT2D eigenvalue weighted by molar-refractivity contribution is 7.14. The fourth-order valence-electron chi connectivity index (χ4n) is 1.27. The van der Waals surface area contributed by atoms with Crippen molar-refractivity contribution in [2.75, 3.05) is 0 Å². The van der Waals surface area contributed by atoms with Crippen molar-refractivity contribution >= 4 is 28.7 Å². The van der Waals surface area contributed by atoms with Crippen LogP contribution >= 0.6 is 22.9 Å². The van der Waals surface area contributed by atoms with E-state index >= 15 is 0 Å². The van der Waals surface area contributed by atoms with Crippen molar-refractivity contribution in [3.8, 4) is 0 Å². The van der Waals surface area contributed by atoms with E-state index in [9.17, 15) is 4.79 Å². The summed E-state index contributed by atoms with van der Waals surface area (Å²) in [5, 5.41) is 1.82. The van der Waals surface area contributed by atoms with Crippen LogP contribution in [0.1, 0.15) is 15.9 Å². The molecule has 0 aliphatic rings. The quantitative estimate of drug-likeness (QED) is 0.768. The van der Waals surface area contributed by atoms with Gasteiger partial charge in [0.15, 0.2) is 5.78 Å². The maximum atomic E-state index is 11.8. The van der Waals surface area contributed by atoms with Crippen molar-refractivity contribution in [1.82, 2.24) is 4.98 Å². The van der Waals surface area contributed by atoms with E-state index in [2.05, 4.69) is 4.98 Å². The minimum atomic E-state index is 0.0486. The third kappa shape index (κ3) is 2.43. The number of aromatic nitrogens is 1. The number of rotatable bonds is 3. The summed E-state index contributed by atoms with van der Waals surface area (Å²) in [5.41, 5.74) is 1.57. The molecule has 0 aliphatic carbocycles. The number of Topliss-reactive ketones (excluding diaryl/α,β-unsaturated/α-hetero) is 1. The van der Waals surface area contributed by atoms with Crippen LogP contribution in [0.5, 0.6) is 0 Å². The second kappa shape index (κ2) is 4.55. The van der Waals surface area contributed by atoms with Gasteiger partial charge in [-0.3, -0.25) is 9.78 Å². The van der Waals surface area contributed by atoms with Crippen LogP contribution in [-0.4, -0.2) is 10.8 Å². The van der Waals surface area contributed by atoms with Crippen LogP contribution in [0.3, 0.4) is 0 Å². The Kier molecular flexibility index (Phi) is 3.14. The van der Waals surface area contributed by atoms with Gasteiger partial charge in [0, 0.05) is 24.4 Å². The molecule has 0 spiro atoms. The second-order valence-corrected chi connectivity index (χ2v) is 4.58. The molecular weight excluding hydrogens is 230 g/mol. The van der Waals surface area contributed by atoms with E-state index in [1.165, 1.54) is 11.3 Å². The smallest absolute Gasteiger partial charge is 0.169 e. The van der Waals surface area contributed by atoms with E-state index in [1.807, 2.05) is 17.5 Å². The van der Waals surface area contributed by atoms with Crippen molar-refractivity contribution in [3.05, 3.63) is 51.4 Å². The molecule has 0 bridgehead atoms. The Morgan fingerprint density at radius 3 is 2.67 bits per heavy atom. The van der Waals surface area contributed by atoms with Crippen molar-refractivity contribution in [2.45, 2.75) is 6.42 Å². The van der Waals surface area contributed by atoms with Gasteiger partial charge >= 0.3 is 0 Å². The van der Waals surface area contributed by atoms with E-state index < -0.39 is 0 Å². The lowest BCUT2D eigenvalue weighted by atomic mass is 10.1. The largest absolute Gasteiger partial charge is 0.294 e. The Labute approximate surface area is 96.5 Å². The van der Waals surface area contributed by atoms with Gasteiger partial charge in [0.1, 0.15) is 4.34 Å². The van der Waals surface area contributed by atoms with Gasteiger partial charge in [0.05, 0.1) is 0 Å². The first kappa shape index (κ1) is 10.3. The van der Waals surface area contributed by atoms with Gasteiger partial charge < -0.3 is 0 Å². The van der Waals surface area contributed by atoms with E-state index in [4.69, 9.17) is 11.6 Å². The van der Waals surface area contributed by atoms with E-state index in [-0.39, 0.29) is 5.78 Å². The number of carbonyl (C=O) groups is 1. The zero-order chi connectivity index (χ0) is 10.7. The first-order valence-electron chi connectivity index (χ1n) is 4.42. The van der Waals surface area contributed by atoms with Gasteiger partial charge in [-0.25, -0.2) is 0 Å². The zero-order valence-electron chi connectivity index (χ0n) is 7.81. The molecule has 0 radical (unpaired) electrons. The lowest BCUT2D eigenvalue weighted by Gasteiger charge is -1.98. The monoisotopic (exact) mass is 237 g/mol. The molecule has 76 valence electrons. The highest BCUT2D eigenvalue weighted by Gasteiger charge is 2.11. The highest BCUT2D eigenvalue weighted by atomic mass is 35.5. The topological polar surface area (TPSA) is 30.0 Å². The average molecular weight is 238 g/mol. The summed E-state index contributed by atoms with van der Waals surface area (Å²) in [7, 11) is 0. The Hall–Kier alpha value is -1.19. The van der Waals surface area contributed by atoms with Crippen LogP contribution in [0.4, 0.5) is 0 Å². The van der Waals surface area contributed by atoms with Crippen molar-refractivity contribution in [1.29, 1.82) is 0 Å². The van der Waals surface area contributed by atoms with Gasteiger partial charge in [-0.15, -0.1) is 11.3 Å². The summed E-state index contributed by atoms with van der Waals surface area (Å²) < 4.78 is 0.564. The molecule has 2 heterocycles. The summed E-state index contributed by atoms with van der Waals surface area (Å²) in [6, 6.07) is 5.42. The number of hydrogen-bond donors (Lipinski definition) is 0. The zero-order valence-corrected chi connectivity index (χ0v) is 9.39. The number of ketones is 1. The van der Waals surface area contributed by atoms with Gasteiger partial charge in [0.2, 0.25) is 0 Å². The molecule has 0 aromatic carbocycles. The Bertz CT molecular complexity index is 466. The predicted molar refractivity (Wildman–Crippen MR) is 61.6 cm³/mol. The molecule has 2 aromatic heterocycles. The molecule has 4 heteroatoms. The van der Waals surface area contributed by atoms with Crippen LogP contribution in [0.2, 0.25) is 4.34 Å². The number of carbonyl (C=O) groups excluding carboxylic acids is 1. The van der Waals surface area contributed by atoms with E-state index in [0.29, 0.717) is 16.3 Å². The fourth-order valence-corrected chi connectivity index (χ4v) is 2.23. The standard InChI is InChI=1S/C11H8ClNOS/c12-11-9(3-6-15-11)10(14)7-8-1-4-13-5-2-8/h1-6H,7H2. The normalized spacial score (nSPS) is 10.2. The van der Waals surface area contributed by atoms with Crippen molar-refractivity contribution in [2.24, 2.45) is 0 Å². The van der Waals surface area contributed by atoms with Crippen molar-refractivity contribution in [3.63, 3.8) is 0 Å². The number of halogens is 1. The Morgan fingerprint density at radius 1 is 1.33 bits per heavy atom. The summed E-state index contributed by atoms with van der Waals surface area (Å²) >= 11 is 7.26. The maximum absolute atomic E-state index is 11.8. The van der Waals surface area contributed by atoms with Gasteiger partial charge in [-0.2, -0.15) is 0 Å². The number of hydrogen-bond acceptors (Lipinski definition) is 3. The maximum Gasteiger partial charge on any atom is 0.169 e. The molecule has 0 saturated heterocycles. The van der Waals surface area contributed by atoms with Crippen LogP contribution in [0.15, 0.2) is 36.0 Å². The van der Waals surface area contributed by atoms with E-state index in [1.54, 1.807) is 18.5 Å². The molecular formula is C11H8ClNOS. The number of nitrogens with zero attached hydrogens (tertiary/aromatic N) is 1. The van der Waals surface area contributed by atoms with Crippen molar-refractivity contribution < 1.29 is 4.79 Å². The molecule has 0 aliphatic heterocycles. The Balaban J connectivity index is 2.15. The molecule has 0 unspecified atom stereocenters. The summed E-state index contributed by atoms with van der Waals surface area (Å²) in [4.78, 5) is 15.7. The van der Waals surface area contributed by atoms with Crippen LogP contribution < -0.4 is 0 Å². The average Bonchev–Trinajstić information content (AvgIpc) is 2.66. The van der Waals surface area contributed by atoms with Crippen LogP contribution in [-0.2, 0) is 6.42 Å². The third-order valence-corrected chi connectivity index (χ3v) is 3.20. The first-order valence-corrected chi connectivity index (χ1v) is 5.68. The SMILES string of the molecule is O=C(Cc1ccncc1)c1ccsc1Cl. The van der Waals surface area contributed by atoms with Gasteiger partial charge in [0.25, 0.3) is 0 Å². The fraction of sp³-hybridized carbons (Fsp3) is 0.0909. The molecule has 0 fully saturated rings. The molecule has 0 N–H and O–H groups in total. The number of pyridine rings is 1.